The topological polar surface area (TPSA) is 49.4 Å². The standard InChI is InChI=1S/C9H9BrN2O2S/c1-9(5-3-4-6(10)15-5)7(13)12(2)8(14)11-9/h3-4H,1-2H3,(H,11,14)/t9-/m1/s1. The highest BCUT2D eigenvalue weighted by atomic mass is 79.9. The van der Waals surface area contributed by atoms with E-state index in [0.717, 1.165) is 13.6 Å². The maximum absolute atomic E-state index is 11.9. The Morgan fingerprint density at radius 2 is 2.13 bits per heavy atom. The number of nitrogens with zero attached hydrogens (tertiary/aromatic N) is 1. The van der Waals surface area contributed by atoms with Crippen molar-refractivity contribution in [2.45, 2.75) is 12.5 Å². The van der Waals surface area contributed by atoms with Crippen LogP contribution in [0.3, 0.4) is 0 Å². The molecule has 1 aliphatic rings. The van der Waals surface area contributed by atoms with Gasteiger partial charge in [0.15, 0.2) is 5.54 Å². The molecule has 0 aromatic carbocycles. The summed E-state index contributed by atoms with van der Waals surface area (Å²) < 4.78 is 0.940. The van der Waals surface area contributed by atoms with E-state index in [2.05, 4.69) is 21.2 Å². The van der Waals surface area contributed by atoms with Gasteiger partial charge in [0.2, 0.25) is 0 Å². The van der Waals surface area contributed by atoms with Crippen LogP contribution in [0, 0.1) is 0 Å². The van der Waals surface area contributed by atoms with E-state index in [1.54, 1.807) is 6.92 Å². The van der Waals surface area contributed by atoms with Crippen molar-refractivity contribution in [3.63, 3.8) is 0 Å². The molecule has 4 nitrogen and oxygen atoms in total. The van der Waals surface area contributed by atoms with Crippen LogP contribution in [0.15, 0.2) is 15.9 Å². The van der Waals surface area contributed by atoms with Gasteiger partial charge in [0.25, 0.3) is 5.91 Å². The number of likely N-dealkylation sites (N-methyl/N-ethyl adjacent to an activating group) is 1. The molecule has 1 aliphatic heterocycles. The second kappa shape index (κ2) is 3.31. The van der Waals surface area contributed by atoms with Crippen LogP contribution in [-0.2, 0) is 10.3 Å². The van der Waals surface area contributed by atoms with Crippen molar-refractivity contribution in [3.8, 4) is 0 Å². The van der Waals surface area contributed by atoms with Gasteiger partial charge in [-0.1, -0.05) is 0 Å². The van der Waals surface area contributed by atoms with E-state index in [4.69, 9.17) is 0 Å². The van der Waals surface area contributed by atoms with Crippen molar-refractivity contribution < 1.29 is 9.59 Å². The van der Waals surface area contributed by atoms with E-state index < -0.39 is 5.54 Å². The largest absolute Gasteiger partial charge is 0.325 e. The molecule has 1 N–H and O–H groups in total. The lowest BCUT2D eigenvalue weighted by atomic mass is 10.0. The molecule has 1 aromatic rings. The van der Waals surface area contributed by atoms with Crippen molar-refractivity contribution in [1.29, 1.82) is 0 Å². The third-order valence-corrected chi connectivity index (χ3v) is 4.31. The summed E-state index contributed by atoms with van der Waals surface area (Å²) in [6.07, 6.45) is 0. The molecular formula is C9H9BrN2O2S. The van der Waals surface area contributed by atoms with Crippen LogP contribution in [0.2, 0.25) is 0 Å². The molecule has 2 rings (SSSR count). The van der Waals surface area contributed by atoms with Gasteiger partial charge < -0.3 is 5.32 Å². The van der Waals surface area contributed by atoms with Crippen LogP contribution >= 0.6 is 27.3 Å². The summed E-state index contributed by atoms with van der Waals surface area (Å²) in [5.41, 5.74) is -0.914. The number of halogens is 1. The van der Waals surface area contributed by atoms with Crippen LogP contribution in [0.25, 0.3) is 0 Å². The number of carbonyl (C=O) groups is 2. The Balaban J connectivity index is 2.44. The van der Waals surface area contributed by atoms with Gasteiger partial charge in [-0.2, -0.15) is 0 Å². The van der Waals surface area contributed by atoms with Crippen LogP contribution in [-0.4, -0.2) is 23.9 Å². The molecule has 3 amide bonds. The molecule has 1 saturated heterocycles. The zero-order valence-corrected chi connectivity index (χ0v) is 10.6. The molecular weight excluding hydrogens is 280 g/mol. The minimum Gasteiger partial charge on any atom is -0.319 e. The first-order valence-electron chi connectivity index (χ1n) is 4.31. The minimum atomic E-state index is -0.914. The second-order valence-corrected chi connectivity index (χ2v) is 5.99. The van der Waals surface area contributed by atoms with E-state index in [9.17, 15) is 9.59 Å². The number of carbonyl (C=O) groups excluding carboxylic acids is 2. The van der Waals surface area contributed by atoms with Gasteiger partial charge in [0, 0.05) is 11.9 Å². The minimum absolute atomic E-state index is 0.221. The molecule has 0 saturated carbocycles. The summed E-state index contributed by atoms with van der Waals surface area (Å²) in [6.45, 7) is 1.72. The summed E-state index contributed by atoms with van der Waals surface area (Å²) in [6, 6.07) is 3.35. The zero-order chi connectivity index (χ0) is 11.2. The molecule has 80 valence electrons. The Kier molecular flexibility index (Phi) is 2.35. The average molecular weight is 289 g/mol. The summed E-state index contributed by atoms with van der Waals surface area (Å²) in [5.74, 6) is -0.221. The Labute approximate surface area is 99.4 Å². The molecule has 1 aromatic heterocycles. The van der Waals surface area contributed by atoms with E-state index in [1.165, 1.54) is 18.4 Å². The molecule has 0 spiro atoms. The lowest BCUT2D eigenvalue weighted by Gasteiger charge is -2.18. The monoisotopic (exact) mass is 288 g/mol. The van der Waals surface area contributed by atoms with E-state index in [-0.39, 0.29) is 11.9 Å². The predicted octanol–water partition coefficient (Wildman–Crippen LogP) is 1.91. The summed E-state index contributed by atoms with van der Waals surface area (Å²) in [7, 11) is 1.48. The Morgan fingerprint density at radius 3 is 2.53 bits per heavy atom. The number of thiophene rings is 1. The van der Waals surface area contributed by atoms with E-state index in [0.29, 0.717) is 0 Å². The van der Waals surface area contributed by atoms with Crippen LogP contribution in [0.4, 0.5) is 4.79 Å². The average Bonchev–Trinajstić information content (AvgIpc) is 2.68. The predicted molar refractivity (Wildman–Crippen MR) is 60.7 cm³/mol. The molecule has 1 atom stereocenters. The van der Waals surface area contributed by atoms with Gasteiger partial charge in [-0.15, -0.1) is 11.3 Å². The van der Waals surface area contributed by atoms with Crippen molar-refractivity contribution in [2.75, 3.05) is 7.05 Å². The molecule has 0 radical (unpaired) electrons. The lowest BCUT2D eigenvalue weighted by molar-refractivity contribution is -0.130. The van der Waals surface area contributed by atoms with E-state index in [1.807, 2.05) is 12.1 Å². The first kappa shape index (κ1) is 10.6. The number of rotatable bonds is 1. The van der Waals surface area contributed by atoms with Crippen molar-refractivity contribution in [2.24, 2.45) is 0 Å². The smallest absolute Gasteiger partial charge is 0.319 e. The van der Waals surface area contributed by atoms with Crippen molar-refractivity contribution in [1.82, 2.24) is 10.2 Å². The number of amides is 3. The maximum Gasteiger partial charge on any atom is 0.325 e. The highest BCUT2D eigenvalue weighted by Gasteiger charge is 2.48. The van der Waals surface area contributed by atoms with Crippen LogP contribution in [0.1, 0.15) is 11.8 Å². The molecule has 2 heterocycles. The van der Waals surface area contributed by atoms with Gasteiger partial charge in [-0.05, 0) is 35.0 Å². The molecule has 1 fully saturated rings. The summed E-state index contributed by atoms with van der Waals surface area (Å²) in [4.78, 5) is 25.2. The molecule has 15 heavy (non-hydrogen) atoms. The summed E-state index contributed by atoms with van der Waals surface area (Å²) >= 11 is 4.78. The van der Waals surface area contributed by atoms with Gasteiger partial charge in [-0.25, -0.2) is 4.79 Å². The lowest BCUT2D eigenvalue weighted by Crippen LogP contribution is -2.39. The first-order chi connectivity index (χ1) is 6.95. The maximum atomic E-state index is 11.9. The van der Waals surface area contributed by atoms with Gasteiger partial charge in [0.05, 0.1) is 3.79 Å². The fourth-order valence-electron chi connectivity index (χ4n) is 1.53. The normalized spacial score (nSPS) is 25.9. The van der Waals surface area contributed by atoms with Crippen LogP contribution in [0.5, 0.6) is 0 Å². The van der Waals surface area contributed by atoms with Gasteiger partial charge in [-0.3, -0.25) is 9.69 Å². The Hall–Kier alpha value is -0.880. The van der Waals surface area contributed by atoms with Gasteiger partial charge >= 0.3 is 6.03 Å². The van der Waals surface area contributed by atoms with Gasteiger partial charge in [0.1, 0.15) is 0 Å². The molecule has 0 unspecified atom stereocenters. The number of urea groups is 1. The van der Waals surface area contributed by atoms with E-state index >= 15 is 0 Å². The second-order valence-electron chi connectivity index (χ2n) is 3.52. The first-order valence-corrected chi connectivity index (χ1v) is 5.92. The number of hydrogen-bond donors (Lipinski definition) is 1. The quantitative estimate of drug-likeness (QED) is 0.803. The number of nitrogens with one attached hydrogen (secondary N) is 1. The SMILES string of the molecule is CN1C(=O)N[C@](C)(c2ccc(Br)s2)C1=O. The molecule has 0 aliphatic carbocycles. The Morgan fingerprint density at radius 1 is 1.47 bits per heavy atom. The fourth-order valence-corrected chi connectivity index (χ4v) is 3.01. The highest BCUT2D eigenvalue weighted by Crippen LogP contribution is 2.34. The molecule has 6 heteroatoms. The number of hydrogen-bond acceptors (Lipinski definition) is 3. The van der Waals surface area contributed by atoms with Crippen LogP contribution < -0.4 is 5.32 Å². The van der Waals surface area contributed by atoms with Crippen molar-refractivity contribution in [3.05, 3.63) is 20.8 Å². The van der Waals surface area contributed by atoms with Crippen molar-refractivity contribution >= 4 is 39.2 Å². The third kappa shape index (κ3) is 1.48. The zero-order valence-electron chi connectivity index (χ0n) is 8.20. The number of imide groups is 1. The fraction of sp³-hybridized carbons (Fsp3) is 0.333. The molecule has 0 bridgehead atoms. The highest BCUT2D eigenvalue weighted by molar-refractivity contribution is 9.11. The summed E-state index contributed by atoms with van der Waals surface area (Å²) in [5, 5.41) is 2.69. The third-order valence-electron chi connectivity index (χ3n) is 2.46. The Bertz CT molecular complexity index is 445.